The lowest BCUT2D eigenvalue weighted by Gasteiger charge is -2.21. The highest BCUT2D eigenvalue weighted by molar-refractivity contribution is 6.38. The predicted molar refractivity (Wildman–Crippen MR) is 58.7 cm³/mol. The average Bonchev–Trinajstić information content (AvgIpc) is 2.14. The van der Waals surface area contributed by atoms with Gasteiger partial charge in [0.25, 0.3) is 0 Å². The number of ether oxygens (including phenoxy) is 2. The Morgan fingerprint density at radius 1 is 1.15 bits per heavy atom. The Morgan fingerprint density at radius 2 is 1.69 bits per heavy atom. The Morgan fingerprint density at radius 3 is 2.00 bits per heavy atom. The topological polar surface area (TPSA) is 30.5 Å². The molecule has 0 spiro atoms. The van der Waals surface area contributed by atoms with Gasteiger partial charge in [-0.25, -0.2) is 0 Å². The molecule has 0 aromatic rings. The summed E-state index contributed by atoms with van der Waals surface area (Å²) in [5.41, 5.74) is 0.628. The maximum absolute atomic E-state index is 5.52. The first-order valence-electron chi connectivity index (χ1n) is 5.18. The molecule has 0 aliphatic carbocycles. The third-order valence-electron chi connectivity index (χ3n) is 2.08. The van der Waals surface area contributed by atoms with Gasteiger partial charge < -0.3 is 14.8 Å². The largest absolute Gasteiger partial charge is 0.357 e. The van der Waals surface area contributed by atoms with Crippen LogP contribution in [0.3, 0.4) is 0 Å². The minimum absolute atomic E-state index is 0.0902. The van der Waals surface area contributed by atoms with Crippen LogP contribution in [0.25, 0.3) is 0 Å². The van der Waals surface area contributed by atoms with E-state index in [2.05, 4.69) is 12.2 Å². The van der Waals surface area contributed by atoms with Crippen LogP contribution in [0.2, 0.25) is 0 Å². The first-order valence-corrected chi connectivity index (χ1v) is 6.82. The van der Waals surface area contributed by atoms with Gasteiger partial charge in [-0.05, 0) is 33.0 Å². The van der Waals surface area contributed by atoms with Gasteiger partial charge in [-0.2, -0.15) is 0 Å². The maximum atomic E-state index is 5.52. The molecule has 1 unspecified atom stereocenters. The monoisotopic (exact) mass is 205 g/mol. The van der Waals surface area contributed by atoms with Crippen molar-refractivity contribution in [2.75, 3.05) is 20.3 Å². The fraction of sp³-hybridized carbons (Fsp3) is 1.00. The minimum atomic E-state index is -0.338. The molecule has 4 heteroatoms. The molecule has 0 saturated heterocycles. The third kappa shape index (κ3) is 6.21. The molecular formula is C9H23NO2Si. The van der Waals surface area contributed by atoms with Crippen molar-refractivity contribution in [2.24, 2.45) is 0 Å². The van der Waals surface area contributed by atoms with Gasteiger partial charge in [0.05, 0.1) is 0 Å². The molecule has 0 saturated carbocycles. The summed E-state index contributed by atoms with van der Waals surface area (Å²) < 4.78 is 11.0. The Balaban J connectivity index is 3.76. The number of hydrogen-bond donors (Lipinski definition) is 1. The van der Waals surface area contributed by atoms with Crippen LogP contribution in [0, 0.1) is 0 Å². The lowest BCUT2D eigenvalue weighted by Crippen LogP contribution is -2.40. The van der Waals surface area contributed by atoms with Crippen LogP contribution in [0.1, 0.15) is 27.2 Å². The van der Waals surface area contributed by atoms with Crippen molar-refractivity contribution in [1.29, 1.82) is 0 Å². The molecule has 0 aliphatic heterocycles. The first-order chi connectivity index (χ1) is 6.28. The van der Waals surface area contributed by atoms with Gasteiger partial charge >= 0.3 is 0 Å². The van der Waals surface area contributed by atoms with E-state index in [0.29, 0.717) is 5.67 Å². The normalized spacial score (nSPS) is 14.5. The summed E-state index contributed by atoms with van der Waals surface area (Å²) >= 11 is 0. The summed E-state index contributed by atoms with van der Waals surface area (Å²) in [7, 11) is 1.67. The Kier molecular flexibility index (Phi) is 8.75. The molecule has 0 heterocycles. The van der Waals surface area contributed by atoms with Crippen molar-refractivity contribution < 1.29 is 9.47 Å². The molecule has 80 valence electrons. The molecule has 0 rings (SSSR count). The molecule has 0 aromatic carbocycles. The Bertz CT molecular complexity index is 104. The van der Waals surface area contributed by atoms with E-state index >= 15 is 0 Å². The van der Waals surface area contributed by atoms with Gasteiger partial charge in [0.15, 0.2) is 0 Å². The zero-order valence-electron chi connectivity index (χ0n) is 9.30. The van der Waals surface area contributed by atoms with Crippen LogP contribution in [0.15, 0.2) is 0 Å². The second-order valence-corrected chi connectivity index (χ2v) is 5.09. The maximum Gasteiger partial charge on any atom is 0.136 e. The van der Waals surface area contributed by atoms with E-state index in [0.717, 1.165) is 13.2 Å². The van der Waals surface area contributed by atoms with E-state index in [4.69, 9.17) is 9.47 Å². The standard InChI is InChI=1S/C9H23NO2Si/c1-5-8(10-4)13-9(11-6-2)12-7-3/h8-10H,5-7,13H2,1-4H3. The molecule has 13 heavy (non-hydrogen) atoms. The van der Waals surface area contributed by atoms with Crippen LogP contribution in [-0.4, -0.2) is 41.4 Å². The molecule has 0 fully saturated rings. The van der Waals surface area contributed by atoms with Crippen molar-refractivity contribution >= 4 is 9.52 Å². The predicted octanol–water partition coefficient (Wildman–Crippen LogP) is 0.467. The fourth-order valence-electron chi connectivity index (χ4n) is 1.28. The number of rotatable bonds is 8. The summed E-state index contributed by atoms with van der Waals surface area (Å²) in [5, 5.41) is 3.30. The lowest BCUT2D eigenvalue weighted by molar-refractivity contribution is -0.0835. The number of hydrogen-bond acceptors (Lipinski definition) is 3. The van der Waals surface area contributed by atoms with Crippen molar-refractivity contribution in [1.82, 2.24) is 5.32 Å². The van der Waals surface area contributed by atoms with Gasteiger partial charge in [-0.3, -0.25) is 0 Å². The van der Waals surface area contributed by atoms with E-state index in [1.165, 1.54) is 6.42 Å². The zero-order chi connectivity index (χ0) is 10.1. The molecule has 0 amide bonds. The summed E-state index contributed by atoms with van der Waals surface area (Å²) in [6, 6.07) is 0. The minimum Gasteiger partial charge on any atom is -0.357 e. The molecule has 3 nitrogen and oxygen atoms in total. The van der Waals surface area contributed by atoms with Crippen LogP contribution in [-0.2, 0) is 9.47 Å². The SMILES string of the molecule is CCOC(OCC)[SiH2]C(CC)NC. The van der Waals surface area contributed by atoms with Crippen LogP contribution < -0.4 is 5.32 Å². The summed E-state index contributed by atoms with van der Waals surface area (Å²) in [5.74, 6) is 0.0902. The van der Waals surface area contributed by atoms with Gasteiger partial charge in [0, 0.05) is 13.2 Å². The van der Waals surface area contributed by atoms with Crippen LogP contribution >= 0.6 is 0 Å². The smallest absolute Gasteiger partial charge is 0.136 e. The fourth-order valence-corrected chi connectivity index (χ4v) is 3.05. The highest BCUT2D eigenvalue weighted by Gasteiger charge is 2.14. The van der Waals surface area contributed by atoms with E-state index in [1.54, 1.807) is 0 Å². The third-order valence-corrected chi connectivity index (χ3v) is 4.49. The van der Waals surface area contributed by atoms with Crippen LogP contribution in [0.5, 0.6) is 0 Å². The molecule has 1 N–H and O–H groups in total. The molecular weight excluding hydrogens is 182 g/mol. The van der Waals surface area contributed by atoms with E-state index in [1.807, 2.05) is 20.9 Å². The summed E-state index contributed by atoms with van der Waals surface area (Å²) in [6.45, 7) is 7.72. The second-order valence-electron chi connectivity index (χ2n) is 2.97. The second kappa shape index (κ2) is 8.68. The lowest BCUT2D eigenvalue weighted by atomic mass is 10.5. The van der Waals surface area contributed by atoms with E-state index < -0.39 is 0 Å². The molecule has 0 aromatic heterocycles. The molecule has 0 radical (unpaired) electrons. The summed E-state index contributed by atoms with van der Waals surface area (Å²) in [6.07, 6.45) is 1.17. The van der Waals surface area contributed by atoms with E-state index in [-0.39, 0.29) is 15.4 Å². The van der Waals surface area contributed by atoms with Crippen molar-refractivity contribution in [2.45, 2.75) is 38.8 Å². The van der Waals surface area contributed by atoms with Gasteiger partial charge in [0.2, 0.25) is 0 Å². The molecule has 0 bridgehead atoms. The Labute approximate surface area is 84.0 Å². The van der Waals surface area contributed by atoms with Crippen molar-refractivity contribution in [3.05, 3.63) is 0 Å². The highest BCUT2D eigenvalue weighted by atomic mass is 28.2. The van der Waals surface area contributed by atoms with Gasteiger partial charge in [-0.1, -0.05) is 6.92 Å². The average molecular weight is 205 g/mol. The van der Waals surface area contributed by atoms with Gasteiger partial charge in [0.1, 0.15) is 15.4 Å². The Hall–Kier alpha value is 0.0969. The van der Waals surface area contributed by atoms with Crippen LogP contribution in [0.4, 0.5) is 0 Å². The first kappa shape index (κ1) is 13.1. The quantitative estimate of drug-likeness (QED) is 0.461. The molecule has 1 atom stereocenters. The highest BCUT2D eigenvalue weighted by Crippen LogP contribution is 1.98. The van der Waals surface area contributed by atoms with Crippen molar-refractivity contribution in [3.8, 4) is 0 Å². The van der Waals surface area contributed by atoms with E-state index in [9.17, 15) is 0 Å². The zero-order valence-corrected chi connectivity index (χ0v) is 10.7. The van der Waals surface area contributed by atoms with Gasteiger partial charge in [-0.15, -0.1) is 0 Å². The molecule has 0 aliphatic rings. The van der Waals surface area contributed by atoms with Crippen molar-refractivity contribution in [3.63, 3.8) is 0 Å². The summed E-state index contributed by atoms with van der Waals surface area (Å²) in [4.78, 5) is 0. The number of nitrogens with one attached hydrogen (secondary N) is 1.